The maximum Gasteiger partial charge on any atom is 1.00 e. The molecule has 0 aromatic rings. The van der Waals surface area contributed by atoms with E-state index < -0.39 is 5.09 Å². The average molecular weight is 111 g/mol. The molecule has 4 nitrogen and oxygen atoms in total. The molecular formula is H2MgNNaO3. The first-order valence-corrected chi connectivity index (χ1v) is 0.548. The minimum absolute atomic E-state index is 0. The molecule has 0 saturated heterocycles. The first-order chi connectivity index (χ1) is 1.73. The molecule has 6 heavy (non-hydrogen) atoms. The van der Waals surface area contributed by atoms with Gasteiger partial charge in [0.25, 0.3) is 0 Å². The molecule has 0 fully saturated rings. The molecule has 0 heterocycles. The van der Waals surface area contributed by atoms with Gasteiger partial charge in [0.05, 0.1) is 5.09 Å². The number of hydrogen-bond acceptors (Lipinski definition) is 3. The quantitative estimate of drug-likeness (QED) is 0.181. The number of rotatable bonds is 0. The summed E-state index contributed by atoms with van der Waals surface area (Å²) in [6.07, 6.45) is 0. The van der Waals surface area contributed by atoms with Crippen molar-refractivity contribution in [2.45, 2.75) is 0 Å². The smallest absolute Gasteiger partial charge is 0.356 e. The van der Waals surface area contributed by atoms with Crippen molar-refractivity contribution in [2.24, 2.45) is 0 Å². The van der Waals surface area contributed by atoms with Gasteiger partial charge >= 0.3 is 52.6 Å². The molecule has 0 unspecified atom stereocenters. The minimum Gasteiger partial charge on any atom is -0.356 e. The Kier molecular flexibility index (Phi) is 24.6. The molecule has 0 aliphatic heterocycles. The third-order valence-electron chi connectivity index (χ3n) is 0. The molecule has 6 heteroatoms. The summed E-state index contributed by atoms with van der Waals surface area (Å²) in [4.78, 5) is 8.25. The van der Waals surface area contributed by atoms with Gasteiger partial charge in [0.1, 0.15) is 0 Å². The first kappa shape index (κ1) is 15.8. The van der Waals surface area contributed by atoms with Crippen LogP contribution >= 0.6 is 0 Å². The Morgan fingerprint density at radius 3 is 1.33 bits per heavy atom. The predicted molar refractivity (Wildman–Crippen MR) is 18.9 cm³/mol. The van der Waals surface area contributed by atoms with Crippen molar-refractivity contribution in [3.8, 4) is 0 Å². The summed E-state index contributed by atoms with van der Waals surface area (Å²) in [5.74, 6) is 0. The molecule has 0 amide bonds. The van der Waals surface area contributed by atoms with Crippen molar-refractivity contribution < 1.29 is 34.6 Å². The van der Waals surface area contributed by atoms with Crippen LogP contribution in [0.15, 0.2) is 0 Å². The second-order valence-electron chi connectivity index (χ2n) is 0.224. The maximum atomic E-state index is 8.25. The van der Waals surface area contributed by atoms with Crippen LogP contribution in [0.5, 0.6) is 0 Å². The molecule has 0 atom stereocenters. The van der Waals surface area contributed by atoms with E-state index in [1.54, 1.807) is 0 Å². The fraction of sp³-hybridized carbons (Fsp3) is 0. The van der Waals surface area contributed by atoms with Gasteiger partial charge in [-0.1, -0.05) is 0 Å². The van der Waals surface area contributed by atoms with Crippen molar-refractivity contribution in [1.82, 2.24) is 0 Å². The second kappa shape index (κ2) is 9.35. The maximum absolute atomic E-state index is 8.25. The van der Waals surface area contributed by atoms with Crippen molar-refractivity contribution in [3.63, 3.8) is 0 Å². The summed E-state index contributed by atoms with van der Waals surface area (Å²) in [7, 11) is 0. The average Bonchev–Trinajstić information content (AvgIpc) is 0.811. The first-order valence-electron chi connectivity index (χ1n) is 0.548. The van der Waals surface area contributed by atoms with Gasteiger partial charge in [-0.05, 0) is 0 Å². The Labute approximate surface area is 72.5 Å². The Morgan fingerprint density at radius 2 is 1.33 bits per heavy atom. The van der Waals surface area contributed by atoms with E-state index in [0.29, 0.717) is 0 Å². The van der Waals surface area contributed by atoms with Crippen LogP contribution in [0.1, 0.15) is 0 Å². The van der Waals surface area contributed by atoms with Gasteiger partial charge in [-0.3, -0.25) is 0 Å². The van der Waals surface area contributed by atoms with E-state index in [-0.39, 0.29) is 52.6 Å². The van der Waals surface area contributed by atoms with Crippen LogP contribution in [-0.2, 0) is 0 Å². The van der Waals surface area contributed by atoms with Crippen LogP contribution in [-0.4, -0.2) is 28.1 Å². The second-order valence-corrected chi connectivity index (χ2v) is 0.224. The van der Waals surface area contributed by atoms with E-state index in [1.807, 2.05) is 0 Å². The molecule has 0 rings (SSSR count). The van der Waals surface area contributed by atoms with Crippen LogP contribution in [0.2, 0.25) is 0 Å². The Bertz CT molecular complexity index is 33.8. The fourth-order valence-electron chi connectivity index (χ4n) is 0. The molecule has 0 aliphatic rings. The Balaban J connectivity index is -0.0000000450. The van der Waals surface area contributed by atoms with Crippen molar-refractivity contribution in [1.29, 1.82) is 0 Å². The zero-order valence-electron chi connectivity index (χ0n) is 2.67. The molecule has 0 aromatic heterocycles. The third kappa shape index (κ3) is 83.7. The van der Waals surface area contributed by atoms with Gasteiger partial charge in [-0.2, -0.15) is 0 Å². The fourth-order valence-corrected chi connectivity index (χ4v) is 0. The third-order valence-corrected chi connectivity index (χ3v) is 0. The zero-order chi connectivity index (χ0) is 3.58. The molecule has 0 aromatic carbocycles. The monoisotopic (exact) mass is 111 g/mol. The zero-order valence-corrected chi connectivity index (χ0v) is 4.67. The van der Waals surface area contributed by atoms with Crippen molar-refractivity contribution >= 4 is 23.1 Å². The molecule has 0 N–H and O–H groups in total. The van der Waals surface area contributed by atoms with E-state index in [0.717, 1.165) is 0 Å². The van der Waals surface area contributed by atoms with E-state index >= 15 is 0 Å². The molecule has 0 spiro atoms. The van der Waals surface area contributed by atoms with Crippen LogP contribution in [0, 0.1) is 15.3 Å². The van der Waals surface area contributed by atoms with Crippen LogP contribution in [0.3, 0.4) is 0 Å². The molecule has 0 saturated carbocycles. The summed E-state index contributed by atoms with van der Waals surface area (Å²) < 4.78 is 0. The largest absolute Gasteiger partial charge is 1.00 e. The summed E-state index contributed by atoms with van der Waals surface area (Å²) in [5, 5.41) is 14.8. The van der Waals surface area contributed by atoms with E-state index in [2.05, 4.69) is 0 Å². The SMILES string of the molecule is O=[N+]([O-])[O-].[MgH2].[Na+]. The normalized spacial score (nSPS) is 4.00. The Morgan fingerprint density at radius 1 is 1.33 bits per heavy atom. The van der Waals surface area contributed by atoms with E-state index in [1.165, 1.54) is 0 Å². The number of hydrogen-bond donors (Lipinski definition) is 0. The summed E-state index contributed by atoms with van der Waals surface area (Å²) in [6.45, 7) is 0. The molecular weight excluding hydrogens is 109 g/mol. The van der Waals surface area contributed by atoms with Crippen LogP contribution in [0.4, 0.5) is 0 Å². The van der Waals surface area contributed by atoms with Gasteiger partial charge < -0.3 is 15.3 Å². The Hall–Kier alpha value is 0.966. The van der Waals surface area contributed by atoms with Crippen molar-refractivity contribution in [3.05, 3.63) is 15.3 Å². The molecule has 0 aliphatic carbocycles. The summed E-state index contributed by atoms with van der Waals surface area (Å²) >= 11 is 0. The van der Waals surface area contributed by atoms with Gasteiger partial charge in [-0.15, -0.1) is 0 Å². The van der Waals surface area contributed by atoms with Crippen LogP contribution in [0.25, 0.3) is 0 Å². The van der Waals surface area contributed by atoms with Crippen molar-refractivity contribution in [2.75, 3.05) is 0 Å². The summed E-state index contributed by atoms with van der Waals surface area (Å²) in [6, 6.07) is 0. The topological polar surface area (TPSA) is 66.2 Å². The standard InChI is InChI=1S/Mg.NO3.Na.2H/c;2-1(3)4;;;/q;-1;+1;;. The van der Waals surface area contributed by atoms with Gasteiger partial charge in [-0.25, -0.2) is 0 Å². The van der Waals surface area contributed by atoms with Gasteiger partial charge in [0, 0.05) is 0 Å². The molecule has 0 bridgehead atoms. The van der Waals surface area contributed by atoms with Gasteiger partial charge in [0.2, 0.25) is 0 Å². The van der Waals surface area contributed by atoms with E-state index in [4.69, 9.17) is 15.3 Å². The van der Waals surface area contributed by atoms with E-state index in [9.17, 15) is 0 Å². The minimum atomic E-state index is -1.75. The predicted octanol–water partition coefficient (Wildman–Crippen LogP) is -4.15. The summed E-state index contributed by atoms with van der Waals surface area (Å²) in [5.41, 5.74) is 0. The van der Waals surface area contributed by atoms with Crippen LogP contribution < -0.4 is 29.6 Å². The number of nitrogens with zero attached hydrogens (tertiary/aromatic N) is 1. The van der Waals surface area contributed by atoms with Gasteiger partial charge in [0.15, 0.2) is 0 Å². The molecule has 28 valence electrons. The molecule has 0 radical (unpaired) electrons.